The molecular formula is C20H18FN5O4S. The lowest BCUT2D eigenvalue weighted by molar-refractivity contribution is -0.117. The van der Waals surface area contributed by atoms with Crippen molar-refractivity contribution in [2.24, 2.45) is 0 Å². The molecular weight excluding hydrogens is 425 g/mol. The summed E-state index contributed by atoms with van der Waals surface area (Å²) in [7, 11) is -3.99. The Hall–Kier alpha value is -3.86. The van der Waals surface area contributed by atoms with Crippen LogP contribution in [-0.2, 0) is 14.8 Å². The van der Waals surface area contributed by atoms with Crippen molar-refractivity contribution in [3.05, 3.63) is 65.7 Å². The van der Waals surface area contributed by atoms with Gasteiger partial charge in [-0.1, -0.05) is 12.1 Å². The van der Waals surface area contributed by atoms with Crippen LogP contribution in [0.5, 0.6) is 0 Å². The molecule has 3 rings (SSSR count). The first-order chi connectivity index (χ1) is 14.6. The molecule has 2 amide bonds. The molecule has 9 nitrogen and oxygen atoms in total. The highest BCUT2D eigenvalue weighted by Gasteiger charge is 2.18. The van der Waals surface area contributed by atoms with Crippen molar-refractivity contribution >= 4 is 33.3 Å². The van der Waals surface area contributed by atoms with E-state index in [9.17, 15) is 22.4 Å². The van der Waals surface area contributed by atoms with Crippen molar-refractivity contribution in [3.63, 3.8) is 0 Å². The van der Waals surface area contributed by atoms with E-state index in [4.69, 9.17) is 5.73 Å². The van der Waals surface area contributed by atoms with Crippen LogP contribution in [-0.4, -0.2) is 30.2 Å². The largest absolute Gasteiger partial charge is 0.382 e. The van der Waals surface area contributed by atoms with E-state index in [-0.39, 0.29) is 27.8 Å². The Labute approximate surface area is 177 Å². The molecule has 1 aromatic heterocycles. The predicted molar refractivity (Wildman–Crippen MR) is 112 cm³/mol. The van der Waals surface area contributed by atoms with Gasteiger partial charge in [0.15, 0.2) is 11.5 Å². The molecule has 0 saturated heterocycles. The van der Waals surface area contributed by atoms with Crippen LogP contribution in [0.3, 0.4) is 0 Å². The van der Waals surface area contributed by atoms with Crippen LogP contribution < -0.4 is 15.8 Å². The Morgan fingerprint density at radius 3 is 2.39 bits per heavy atom. The van der Waals surface area contributed by atoms with Gasteiger partial charge >= 0.3 is 0 Å². The van der Waals surface area contributed by atoms with E-state index >= 15 is 0 Å². The van der Waals surface area contributed by atoms with Crippen LogP contribution in [0.25, 0.3) is 11.3 Å². The van der Waals surface area contributed by atoms with Crippen LogP contribution in [0.1, 0.15) is 23.0 Å². The second-order valence-corrected chi connectivity index (χ2v) is 8.28. The second-order valence-electron chi connectivity index (χ2n) is 6.59. The number of amides is 2. The highest BCUT2D eigenvalue weighted by molar-refractivity contribution is 7.90. The molecule has 0 atom stereocenters. The molecule has 0 saturated carbocycles. The fourth-order valence-corrected chi connectivity index (χ4v) is 3.60. The summed E-state index contributed by atoms with van der Waals surface area (Å²) >= 11 is 0. The maximum absolute atomic E-state index is 13.9. The van der Waals surface area contributed by atoms with Crippen molar-refractivity contribution in [2.45, 2.75) is 18.7 Å². The SMILES string of the molecule is CC(=O)NS(=O)(=O)c1ccc(NC(=O)c2nc(-c3ccc(C)c(F)c3)cnc2N)cc1. The number of halogens is 1. The molecule has 31 heavy (non-hydrogen) atoms. The van der Waals surface area contributed by atoms with Gasteiger partial charge in [0.05, 0.1) is 16.8 Å². The number of sulfonamides is 1. The third kappa shape index (κ3) is 5.01. The van der Waals surface area contributed by atoms with E-state index < -0.39 is 27.7 Å². The van der Waals surface area contributed by atoms with Gasteiger partial charge in [0.2, 0.25) is 5.91 Å². The number of nitrogens with two attached hydrogens (primary N) is 1. The summed E-state index contributed by atoms with van der Waals surface area (Å²) in [4.78, 5) is 31.6. The zero-order valence-corrected chi connectivity index (χ0v) is 17.3. The minimum absolute atomic E-state index is 0.126. The molecule has 4 N–H and O–H groups in total. The Morgan fingerprint density at radius 2 is 1.77 bits per heavy atom. The number of aryl methyl sites for hydroxylation is 1. The second kappa shape index (κ2) is 8.48. The lowest BCUT2D eigenvalue weighted by Gasteiger charge is -2.10. The third-order valence-electron chi connectivity index (χ3n) is 4.18. The summed E-state index contributed by atoms with van der Waals surface area (Å²) in [6, 6.07) is 9.65. The lowest BCUT2D eigenvalue weighted by atomic mass is 10.1. The van der Waals surface area contributed by atoms with Crippen molar-refractivity contribution < 1.29 is 22.4 Å². The first kappa shape index (κ1) is 21.8. The number of anilines is 2. The minimum atomic E-state index is -3.99. The highest BCUT2D eigenvalue weighted by Crippen LogP contribution is 2.22. The number of carbonyl (C=O) groups is 2. The van der Waals surface area contributed by atoms with Gasteiger partial charge < -0.3 is 11.1 Å². The van der Waals surface area contributed by atoms with Gasteiger partial charge in [0.25, 0.3) is 15.9 Å². The van der Waals surface area contributed by atoms with E-state index in [1.807, 2.05) is 4.72 Å². The Morgan fingerprint density at radius 1 is 1.10 bits per heavy atom. The standard InChI is InChI=1S/C20H18FN5O4S/c1-11-3-4-13(9-16(11)21)17-10-23-19(22)18(25-17)20(28)24-14-5-7-15(8-6-14)31(29,30)26-12(2)27/h3-10H,1-2H3,(H2,22,23)(H,24,28)(H,26,27). The number of nitrogen functional groups attached to an aromatic ring is 1. The van der Waals surface area contributed by atoms with E-state index in [2.05, 4.69) is 15.3 Å². The molecule has 0 fully saturated rings. The van der Waals surface area contributed by atoms with Crippen molar-refractivity contribution in [1.29, 1.82) is 0 Å². The molecule has 3 aromatic rings. The molecule has 2 aromatic carbocycles. The number of nitrogens with zero attached hydrogens (tertiary/aromatic N) is 2. The summed E-state index contributed by atoms with van der Waals surface area (Å²) in [5.41, 5.74) is 7.02. The molecule has 0 aliphatic rings. The monoisotopic (exact) mass is 443 g/mol. The van der Waals surface area contributed by atoms with Gasteiger partial charge in [0.1, 0.15) is 5.82 Å². The maximum atomic E-state index is 13.9. The first-order valence-electron chi connectivity index (χ1n) is 8.90. The van der Waals surface area contributed by atoms with Crippen LogP contribution in [0.2, 0.25) is 0 Å². The normalized spacial score (nSPS) is 11.1. The van der Waals surface area contributed by atoms with E-state index in [0.717, 1.165) is 6.92 Å². The van der Waals surface area contributed by atoms with Gasteiger partial charge in [-0.15, -0.1) is 0 Å². The quantitative estimate of drug-likeness (QED) is 0.548. The molecule has 0 spiro atoms. The van der Waals surface area contributed by atoms with Crippen LogP contribution in [0.4, 0.5) is 15.9 Å². The number of nitrogens with one attached hydrogen (secondary N) is 2. The smallest absolute Gasteiger partial charge is 0.278 e. The number of hydrogen-bond donors (Lipinski definition) is 3. The van der Waals surface area contributed by atoms with Gasteiger partial charge in [-0.25, -0.2) is 27.5 Å². The van der Waals surface area contributed by atoms with E-state index in [0.29, 0.717) is 11.1 Å². The number of rotatable bonds is 5. The molecule has 0 unspecified atom stereocenters. The Kier molecular flexibility index (Phi) is 5.97. The number of hydrogen-bond acceptors (Lipinski definition) is 7. The molecule has 0 aliphatic carbocycles. The average Bonchev–Trinajstić information content (AvgIpc) is 2.70. The average molecular weight is 443 g/mol. The van der Waals surface area contributed by atoms with Crippen molar-refractivity contribution in [1.82, 2.24) is 14.7 Å². The number of carbonyl (C=O) groups excluding carboxylic acids is 2. The zero-order chi connectivity index (χ0) is 22.8. The van der Waals surface area contributed by atoms with Crippen LogP contribution in [0.15, 0.2) is 53.6 Å². The molecule has 0 bridgehead atoms. The molecule has 0 aliphatic heterocycles. The highest BCUT2D eigenvalue weighted by atomic mass is 32.2. The fraction of sp³-hybridized carbons (Fsp3) is 0.100. The first-order valence-corrected chi connectivity index (χ1v) is 10.4. The third-order valence-corrected chi connectivity index (χ3v) is 5.63. The summed E-state index contributed by atoms with van der Waals surface area (Å²) in [5, 5.41) is 2.54. The fourth-order valence-electron chi connectivity index (χ4n) is 2.61. The molecule has 160 valence electrons. The van der Waals surface area contributed by atoms with Gasteiger partial charge in [-0.05, 0) is 42.8 Å². The molecule has 1 heterocycles. The van der Waals surface area contributed by atoms with Crippen molar-refractivity contribution in [3.8, 4) is 11.3 Å². The number of benzene rings is 2. The number of aromatic nitrogens is 2. The van der Waals surface area contributed by atoms with Gasteiger partial charge in [-0.3, -0.25) is 9.59 Å². The molecule has 0 radical (unpaired) electrons. The summed E-state index contributed by atoms with van der Waals surface area (Å²) in [6.45, 7) is 2.70. The van der Waals surface area contributed by atoms with Crippen LogP contribution in [0, 0.1) is 12.7 Å². The van der Waals surface area contributed by atoms with Crippen molar-refractivity contribution in [2.75, 3.05) is 11.1 Å². The lowest BCUT2D eigenvalue weighted by Crippen LogP contribution is -2.28. The molecule has 11 heteroatoms. The zero-order valence-electron chi connectivity index (χ0n) is 16.5. The van der Waals surface area contributed by atoms with Gasteiger partial charge in [0, 0.05) is 18.2 Å². The topological polar surface area (TPSA) is 144 Å². The Bertz CT molecular complexity index is 1280. The summed E-state index contributed by atoms with van der Waals surface area (Å²) < 4.78 is 39.7. The predicted octanol–water partition coefficient (Wildman–Crippen LogP) is 2.25. The minimum Gasteiger partial charge on any atom is -0.382 e. The Balaban J connectivity index is 1.83. The van der Waals surface area contributed by atoms with E-state index in [1.165, 1.54) is 36.5 Å². The summed E-state index contributed by atoms with van der Waals surface area (Å²) in [5.74, 6) is -1.95. The van der Waals surface area contributed by atoms with Gasteiger partial charge in [-0.2, -0.15) is 0 Å². The maximum Gasteiger partial charge on any atom is 0.278 e. The van der Waals surface area contributed by atoms with E-state index in [1.54, 1.807) is 19.1 Å². The summed E-state index contributed by atoms with van der Waals surface area (Å²) in [6.07, 6.45) is 1.33. The van der Waals surface area contributed by atoms with Crippen LogP contribution >= 0.6 is 0 Å².